The van der Waals surface area contributed by atoms with Gasteiger partial charge in [-0.15, -0.1) is 0 Å². The van der Waals surface area contributed by atoms with Gasteiger partial charge < -0.3 is 5.32 Å². The van der Waals surface area contributed by atoms with E-state index in [4.69, 9.17) is 23.2 Å². The molecule has 114 valence electrons. The Balaban J connectivity index is 2.11. The Morgan fingerprint density at radius 2 is 1.95 bits per heavy atom. The molecule has 1 N–H and O–H groups in total. The van der Waals surface area contributed by atoms with Crippen molar-refractivity contribution in [1.29, 1.82) is 0 Å². The minimum Gasteiger partial charge on any atom is -0.316 e. The Bertz CT molecular complexity index is 563. The third-order valence-corrected chi connectivity index (χ3v) is 4.19. The summed E-state index contributed by atoms with van der Waals surface area (Å²) in [5.74, 6) is 0.986. The molecule has 6 heteroatoms. The van der Waals surface area contributed by atoms with Gasteiger partial charge in [-0.1, -0.05) is 36.2 Å². The van der Waals surface area contributed by atoms with Gasteiger partial charge in [0.15, 0.2) is 0 Å². The maximum Gasteiger partial charge on any atom is 0.138 e. The molecule has 0 aliphatic rings. The van der Waals surface area contributed by atoms with E-state index in [1.54, 1.807) is 6.33 Å². The van der Waals surface area contributed by atoms with Crippen molar-refractivity contribution in [3.8, 4) is 0 Å². The fraction of sp³-hybridized carbons (Fsp3) is 0.467. The summed E-state index contributed by atoms with van der Waals surface area (Å²) >= 11 is 12.5. The van der Waals surface area contributed by atoms with Crippen LogP contribution in [0.1, 0.15) is 24.7 Å². The second kappa shape index (κ2) is 7.78. The molecule has 0 bridgehead atoms. The summed E-state index contributed by atoms with van der Waals surface area (Å²) in [6.07, 6.45) is 4.20. The molecule has 1 aromatic heterocycles. The van der Waals surface area contributed by atoms with Gasteiger partial charge in [0.05, 0.1) is 0 Å². The molecule has 0 radical (unpaired) electrons. The quantitative estimate of drug-likeness (QED) is 0.848. The summed E-state index contributed by atoms with van der Waals surface area (Å²) < 4.78 is 1.96. The molecule has 0 saturated heterocycles. The average Bonchev–Trinajstić information content (AvgIpc) is 2.89. The molecule has 0 aliphatic heterocycles. The number of rotatable bonds is 7. The third-order valence-electron chi connectivity index (χ3n) is 3.48. The summed E-state index contributed by atoms with van der Waals surface area (Å²) in [7, 11) is 1.94. The van der Waals surface area contributed by atoms with Crippen LogP contribution in [-0.4, -0.2) is 27.9 Å². The van der Waals surface area contributed by atoms with Gasteiger partial charge in [0, 0.05) is 29.1 Å². The number of hydrogen-bond acceptors (Lipinski definition) is 3. The summed E-state index contributed by atoms with van der Waals surface area (Å²) in [6, 6.07) is 5.81. The van der Waals surface area contributed by atoms with Gasteiger partial charge in [0.2, 0.25) is 0 Å². The molecular formula is C15H20Cl2N4. The lowest BCUT2D eigenvalue weighted by atomic mass is 10.0. The van der Waals surface area contributed by atoms with Gasteiger partial charge in [-0.05, 0) is 37.6 Å². The second-order valence-corrected chi connectivity index (χ2v) is 5.81. The zero-order chi connectivity index (χ0) is 15.2. The van der Waals surface area contributed by atoms with Crippen molar-refractivity contribution in [2.24, 2.45) is 0 Å². The van der Waals surface area contributed by atoms with Crippen LogP contribution in [0.15, 0.2) is 24.5 Å². The van der Waals surface area contributed by atoms with Crippen LogP contribution in [0, 0.1) is 0 Å². The summed E-state index contributed by atoms with van der Waals surface area (Å²) in [6.45, 7) is 3.02. The monoisotopic (exact) mass is 326 g/mol. The number of benzene rings is 1. The molecule has 1 aromatic carbocycles. The molecule has 21 heavy (non-hydrogen) atoms. The van der Waals surface area contributed by atoms with E-state index in [0.29, 0.717) is 10.0 Å². The Morgan fingerprint density at radius 3 is 2.57 bits per heavy atom. The number of nitrogens with one attached hydrogen (secondary N) is 1. The Kier molecular flexibility index (Phi) is 6.03. The molecule has 1 atom stereocenters. The molecule has 4 nitrogen and oxygen atoms in total. The first-order chi connectivity index (χ1) is 10.2. The number of nitrogens with zero attached hydrogens (tertiary/aromatic N) is 3. The van der Waals surface area contributed by atoms with Crippen molar-refractivity contribution in [1.82, 2.24) is 20.1 Å². The average molecular weight is 327 g/mol. The third kappa shape index (κ3) is 4.19. The standard InChI is InChI=1S/C15H20Cl2N4/c1-3-7-21-15(19-10-20-21)9-11(18-2)8-12-13(16)5-4-6-14(12)17/h4-6,10-11,18H,3,7-9H2,1-2H3. The van der Waals surface area contributed by atoms with Crippen LogP contribution in [0.4, 0.5) is 0 Å². The highest BCUT2D eigenvalue weighted by Crippen LogP contribution is 2.26. The smallest absolute Gasteiger partial charge is 0.138 e. The minimum absolute atomic E-state index is 0.210. The maximum absolute atomic E-state index is 6.25. The topological polar surface area (TPSA) is 42.7 Å². The van der Waals surface area contributed by atoms with Crippen molar-refractivity contribution >= 4 is 23.2 Å². The van der Waals surface area contributed by atoms with Crippen LogP contribution in [0.5, 0.6) is 0 Å². The van der Waals surface area contributed by atoms with Crippen LogP contribution in [-0.2, 0) is 19.4 Å². The van der Waals surface area contributed by atoms with E-state index in [9.17, 15) is 0 Å². The number of halogens is 2. The first-order valence-electron chi connectivity index (χ1n) is 7.12. The molecule has 0 spiro atoms. The highest BCUT2D eigenvalue weighted by molar-refractivity contribution is 6.36. The molecule has 0 fully saturated rings. The number of hydrogen-bond donors (Lipinski definition) is 1. The van der Waals surface area contributed by atoms with Gasteiger partial charge in [-0.2, -0.15) is 5.10 Å². The Labute approximate surface area is 135 Å². The van der Waals surface area contributed by atoms with Gasteiger partial charge >= 0.3 is 0 Å². The lowest BCUT2D eigenvalue weighted by Gasteiger charge is -2.18. The Hall–Kier alpha value is -1.10. The van der Waals surface area contributed by atoms with Gasteiger partial charge in [0.25, 0.3) is 0 Å². The fourth-order valence-corrected chi connectivity index (χ4v) is 2.87. The van der Waals surface area contributed by atoms with E-state index in [0.717, 1.165) is 37.2 Å². The molecule has 0 amide bonds. The van der Waals surface area contributed by atoms with E-state index in [2.05, 4.69) is 22.3 Å². The lowest BCUT2D eigenvalue weighted by molar-refractivity contribution is 0.501. The molecule has 2 rings (SSSR count). The predicted molar refractivity (Wildman–Crippen MR) is 87.0 cm³/mol. The van der Waals surface area contributed by atoms with E-state index < -0.39 is 0 Å². The van der Waals surface area contributed by atoms with Gasteiger partial charge in [-0.25, -0.2) is 4.98 Å². The summed E-state index contributed by atoms with van der Waals surface area (Å²) in [5, 5.41) is 8.99. The largest absolute Gasteiger partial charge is 0.316 e. The predicted octanol–water partition coefficient (Wildman–Crippen LogP) is 3.37. The Morgan fingerprint density at radius 1 is 1.24 bits per heavy atom. The van der Waals surface area contributed by atoms with Crippen molar-refractivity contribution in [3.63, 3.8) is 0 Å². The van der Waals surface area contributed by atoms with Crippen LogP contribution >= 0.6 is 23.2 Å². The highest BCUT2D eigenvalue weighted by atomic mass is 35.5. The molecular weight excluding hydrogens is 307 g/mol. The zero-order valence-electron chi connectivity index (χ0n) is 12.3. The number of aromatic nitrogens is 3. The van der Waals surface area contributed by atoms with Crippen LogP contribution in [0.2, 0.25) is 10.0 Å². The number of aryl methyl sites for hydroxylation is 1. The SMILES string of the molecule is CCCn1ncnc1CC(Cc1c(Cl)cccc1Cl)NC. The van der Waals surface area contributed by atoms with E-state index >= 15 is 0 Å². The molecule has 1 heterocycles. The van der Waals surface area contributed by atoms with E-state index in [1.807, 2.05) is 29.9 Å². The highest BCUT2D eigenvalue weighted by Gasteiger charge is 2.16. The molecule has 0 aliphatic carbocycles. The zero-order valence-corrected chi connectivity index (χ0v) is 13.8. The van der Waals surface area contributed by atoms with Gasteiger partial charge in [0.1, 0.15) is 12.2 Å². The lowest BCUT2D eigenvalue weighted by Crippen LogP contribution is -2.31. The fourth-order valence-electron chi connectivity index (χ4n) is 2.32. The van der Waals surface area contributed by atoms with Crippen molar-refractivity contribution in [2.45, 2.75) is 38.8 Å². The molecule has 2 aromatic rings. The first kappa shape index (κ1) is 16.3. The minimum atomic E-state index is 0.210. The second-order valence-electron chi connectivity index (χ2n) is 4.99. The van der Waals surface area contributed by atoms with Crippen molar-refractivity contribution in [2.75, 3.05) is 7.05 Å². The molecule has 1 unspecified atom stereocenters. The van der Waals surface area contributed by atoms with Crippen LogP contribution in [0.25, 0.3) is 0 Å². The van der Waals surface area contributed by atoms with Crippen LogP contribution in [0.3, 0.4) is 0 Å². The van der Waals surface area contributed by atoms with E-state index in [-0.39, 0.29) is 6.04 Å². The summed E-state index contributed by atoms with van der Waals surface area (Å²) in [4.78, 5) is 4.35. The van der Waals surface area contributed by atoms with E-state index in [1.165, 1.54) is 0 Å². The normalized spacial score (nSPS) is 12.6. The molecule has 0 saturated carbocycles. The van der Waals surface area contributed by atoms with Gasteiger partial charge in [-0.3, -0.25) is 4.68 Å². The van der Waals surface area contributed by atoms with Crippen molar-refractivity contribution < 1.29 is 0 Å². The number of likely N-dealkylation sites (N-methyl/N-ethyl adjacent to an activating group) is 1. The maximum atomic E-state index is 6.25. The van der Waals surface area contributed by atoms with Crippen LogP contribution < -0.4 is 5.32 Å². The first-order valence-corrected chi connectivity index (χ1v) is 7.88. The summed E-state index contributed by atoms with van der Waals surface area (Å²) in [5.41, 5.74) is 0.974. The van der Waals surface area contributed by atoms with Crippen molar-refractivity contribution in [3.05, 3.63) is 46.0 Å².